The lowest BCUT2D eigenvalue weighted by Gasteiger charge is -2.26. The molecule has 148 valence electrons. The molecule has 0 aliphatic heterocycles. The second-order valence-electron chi connectivity index (χ2n) is 7.13. The van der Waals surface area contributed by atoms with Crippen LogP contribution in [0.5, 0.6) is 0 Å². The molecule has 1 aliphatic rings. The third-order valence-electron chi connectivity index (χ3n) is 5.00. The van der Waals surface area contributed by atoms with E-state index in [4.69, 9.17) is 0 Å². The van der Waals surface area contributed by atoms with Crippen LogP contribution >= 0.6 is 0 Å². The number of benzene rings is 1. The number of nitrogens with zero attached hydrogens (tertiary/aromatic N) is 1. The van der Waals surface area contributed by atoms with Crippen molar-refractivity contribution in [3.8, 4) is 0 Å². The first-order valence-electron chi connectivity index (χ1n) is 9.47. The molecular weight excluding hydrogens is 358 g/mol. The minimum atomic E-state index is -0.533. The summed E-state index contributed by atoms with van der Waals surface area (Å²) < 4.78 is 1.38. The molecule has 1 aliphatic carbocycles. The molecule has 0 bridgehead atoms. The lowest BCUT2D eigenvalue weighted by atomic mass is 9.93. The first-order valence-corrected chi connectivity index (χ1v) is 9.47. The number of aliphatic hydroxyl groups is 1. The number of pyridine rings is 1. The average molecular weight is 383 g/mol. The zero-order valence-corrected chi connectivity index (χ0v) is 15.9. The van der Waals surface area contributed by atoms with Gasteiger partial charge in [-0.1, -0.05) is 30.3 Å². The lowest BCUT2D eigenvalue weighted by Crippen LogP contribution is -2.40. The molecule has 2 aromatic rings. The highest BCUT2D eigenvalue weighted by Gasteiger charge is 2.23. The van der Waals surface area contributed by atoms with Crippen molar-refractivity contribution in [1.29, 1.82) is 0 Å². The third-order valence-corrected chi connectivity index (χ3v) is 5.00. The smallest absolute Gasteiger partial charge is 0.263 e. The van der Waals surface area contributed by atoms with Crippen molar-refractivity contribution in [2.24, 2.45) is 0 Å². The molecule has 0 unspecified atom stereocenters. The first-order chi connectivity index (χ1) is 13.5. The van der Waals surface area contributed by atoms with Gasteiger partial charge in [0.15, 0.2) is 0 Å². The Morgan fingerprint density at radius 3 is 2.61 bits per heavy atom. The summed E-state index contributed by atoms with van der Waals surface area (Å²) in [6.45, 7) is 0.257. The zero-order chi connectivity index (χ0) is 20.1. The fourth-order valence-electron chi connectivity index (χ4n) is 3.52. The molecule has 0 spiro atoms. The Bertz CT molecular complexity index is 908. The molecule has 0 radical (unpaired) electrons. The average Bonchev–Trinajstić information content (AvgIpc) is 2.69. The van der Waals surface area contributed by atoms with Crippen LogP contribution in [0.4, 0.5) is 0 Å². The number of hydrogen-bond acceptors (Lipinski definition) is 4. The molecule has 1 aromatic heterocycles. The van der Waals surface area contributed by atoms with E-state index in [1.54, 1.807) is 0 Å². The maximum absolute atomic E-state index is 12.8. The van der Waals surface area contributed by atoms with Crippen LogP contribution in [0.15, 0.2) is 47.4 Å². The van der Waals surface area contributed by atoms with E-state index in [1.807, 2.05) is 30.3 Å². The molecule has 3 N–H and O–H groups in total. The molecule has 28 heavy (non-hydrogen) atoms. The highest BCUT2D eigenvalue weighted by atomic mass is 16.3. The summed E-state index contributed by atoms with van der Waals surface area (Å²) in [6.07, 6.45) is 3.98. The quantitative estimate of drug-likeness (QED) is 0.724. The number of carbonyl (C=O) groups is 2. The Balaban J connectivity index is 1.91. The minimum absolute atomic E-state index is 0.0743. The van der Waals surface area contributed by atoms with Crippen LogP contribution in [0.25, 0.3) is 0 Å². The van der Waals surface area contributed by atoms with Crippen LogP contribution in [0, 0.1) is 0 Å². The van der Waals surface area contributed by atoms with Gasteiger partial charge in [-0.25, -0.2) is 0 Å². The number of nitrogens with one attached hydrogen (secondary N) is 2. The minimum Gasteiger partial charge on any atom is -0.393 e. The van der Waals surface area contributed by atoms with Crippen molar-refractivity contribution < 1.29 is 14.7 Å². The number of hydrogen-bond donors (Lipinski definition) is 3. The summed E-state index contributed by atoms with van der Waals surface area (Å²) in [4.78, 5) is 37.6. The topological polar surface area (TPSA) is 100 Å². The van der Waals surface area contributed by atoms with E-state index in [0.717, 1.165) is 24.8 Å². The molecule has 1 saturated carbocycles. The summed E-state index contributed by atoms with van der Waals surface area (Å²) in [5.41, 5.74) is 0.609. The van der Waals surface area contributed by atoms with Crippen molar-refractivity contribution in [3.05, 3.63) is 69.6 Å². The van der Waals surface area contributed by atoms with E-state index in [2.05, 4.69) is 10.6 Å². The summed E-state index contributed by atoms with van der Waals surface area (Å²) in [5, 5.41) is 15.2. The fraction of sp³-hybridized carbons (Fsp3) is 0.381. The van der Waals surface area contributed by atoms with Crippen molar-refractivity contribution in [3.63, 3.8) is 0 Å². The number of amides is 2. The Hall–Kier alpha value is -2.93. The van der Waals surface area contributed by atoms with Gasteiger partial charge in [0.05, 0.1) is 18.2 Å². The standard InChI is InChI=1S/C21H25N3O4/c1-22-20(27)18-10-15(19(26)23-16-8-5-9-17(25)11-16)13-24(21(18)28)12-14-6-3-2-4-7-14/h2-4,6-7,10,13,16-17,25H,5,8-9,11-12H2,1H3,(H,22,27)(H,23,26)/t16-,17-/m0/s1. The zero-order valence-electron chi connectivity index (χ0n) is 15.9. The van der Waals surface area contributed by atoms with E-state index >= 15 is 0 Å². The van der Waals surface area contributed by atoms with Gasteiger partial charge in [0.1, 0.15) is 5.56 Å². The van der Waals surface area contributed by atoms with Gasteiger partial charge in [0.2, 0.25) is 0 Å². The van der Waals surface area contributed by atoms with Gasteiger partial charge in [-0.2, -0.15) is 0 Å². The SMILES string of the molecule is CNC(=O)c1cc(C(=O)N[C@H]2CCC[C@H](O)C2)cn(Cc2ccccc2)c1=O. The van der Waals surface area contributed by atoms with E-state index in [1.165, 1.54) is 23.9 Å². The molecule has 3 rings (SSSR count). The van der Waals surface area contributed by atoms with Gasteiger partial charge < -0.3 is 20.3 Å². The Labute approximate surface area is 163 Å². The van der Waals surface area contributed by atoms with Crippen LogP contribution in [0.3, 0.4) is 0 Å². The second kappa shape index (κ2) is 8.84. The van der Waals surface area contributed by atoms with Gasteiger partial charge >= 0.3 is 0 Å². The molecule has 0 saturated heterocycles. The monoisotopic (exact) mass is 383 g/mol. The number of aromatic nitrogens is 1. The van der Waals surface area contributed by atoms with Crippen molar-refractivity contribution >= 4 is 11.8 Å². The van der Waals surface area contributed by atoms with E-state index in [-0.39, 0.29) is 29.6 Å². The van der Waals surface area contributed by atoms with Gasteiger partial charge in [-0.3, -0.25) is 14.4 Å². The fourth-order valence-corrected chi connectivity index (χ4v) is 3.52. The van der Waals surface area contributed by atoms with Gasteiger partial charge in [0, 0.05) is 19.3 Å². The van der Waals surface area contributed by atoms with Crippen LogP contribution < -0.4 is 16.2 Å². The van der Waals surface area contributed by atoms with Crippen LogP contribution in [0.2, 0.25) is 0 Å². The molecule has 1 heterocycles. The summed E-state index contributed by atoms with van der Waals surface area (Å²) >= 11 is 0. The van der Waals surface area contributed by atoms with Gasteiger partial charge in [0.25, 0.3) is 17.4 Å². The predicted molar refractivity (Wildman–Crippen MR) is 105 cm³/mol. The summed E-state index contributed by atoms with van der Waals surface area (Å²) in [5.74, 6) is -0.888. The maximum atomic E-state index is 12.8. The van der Waals surface area contributed by atoms with E-state index < -0.39 is 17.6 Å². The van der Waals surface area contributed by atoms with Crippen molar-refractivity contribution in [2.75, 3.05) is 7.05 Å². The van der Waals surface area contributed by atoms with Crippen molar-refractivity contribution in [1.82, 2.24) is 15.2 Å². The largest absolute Gasteiger partial charge is 0.393 e. The van der Waals surface area contributed by atoms with Crippen LogP contribution in [-0.2, 0) is 6.54 Å². The highest BCUT2D eigenvalue weighted by Crippen LogP contribution is 2.18. The van der Waals surface area contributed by atoms with Crippen LogP contribution in [-0.4, -0.2) is 40.7 Å². The Morgan fingerprint density at radius 2 is 1.93 bits per heavy atom. The molecule has 2 amide bonds. The van der Waals surface area contributed by atoms with Gasteiger partial charge in [-0.05, 0) is 37.3 Å². The normalized spacial score (nSPS) is 19.1. The molecular formula is C21H25N3O4. The molecule has 7 heteroatoms. The molecule has 7 nitrogen and oxygen atoms in total. The third kappa shape index (κ3) is 4.67. The number of carbonyl (C=O) groups excluding carboxylic acids is 2. The number of aliphatic hydroxyl groups excluding tert-OH is 1. The number of rotatable bonds is 5. The molecule has 2 atom stereocenters. The van der Waals surface area contributed by atoms with E-state index in [0.29, 0.717) is 6.42 Å². The summed E-state index contributed by atoms with van der Waals surface area (Å²) in [6, 6.07) is 10.6. The Kier molecular flexibility index (Phi) is 6.26. The highest BCUT2D eigenvalue weighted by molar-refractivity contribution is 5.99. The lowest BCUT2D eigenvalue weighted by molar-refractivity contribution is 0.0849. The second-order valence-corrected chi connectivity index (χ2v) is 7.13. The van der Waals surface area contributed by atoms with Gasteiger partial charge in [-0.15, -0.1) is 0 Å². The maximum Gasteiger partial charge on any atom is 0.263 e. The predicted octanol–water partition coefficient (Wildman–Crippen LogP) is 1.29. The molecule has 1 aromatic carbocycles. The summed E-state index contributed by atoms with van der Waals surface area (Å²) in [7, 11) is 1.44. The van der Waals surface area contributed by atoms with E-state index in [9.17, 15) is 19.5 Å². The van der Waals surface area contributed by atoms with Crippen LogP contribution in [0.1, 0.15) is 52.0 Å². The van der Waals surface area contributed by atoms with Crippen molar-refractivity contribution in [2.45, 2.75) is 44.4 Å². The molecule has 1 fully saturated rings. The Morgan fingerprint density at radius 1 is 1.18 bits per heavy atom. The first kappa shape index (κ1) is 19.8.